The number of carbonyl (C=O) groups is 1. The molecule has 18 heavy (non-hydrogen) atoms. The van der Waals surface area contributed by atoms with E-state index in [0.717, 1.165) is 0 Å². The van der Waals surface area contributed by atoms with Crippen LogP contribution in [0.4, 0.5) is 13.2 Å². The Labute approximate surface area is 110 Å². The lowest BCUT2D eigenvalue weighted by atomic mass is 10.1. The molecule has 7 heteroatoms. The summed E-state index contributed by atoms with van der Waals surface area (Å²) >= 11 is 3.14. The molecule has 0 atom stereocenters. The normalized spacial score (nSPS) is 11.4. The third-order valence-corrected chi connectivity index (χ3v) is 3.57. The molecule has 0 aliphatic carbocycles. The highest BCUT2D eigenvalue weighted by molar-refractivity contribution is 9.09. The number of halogens is 4. The smallest absolute Gasteiger partial charge is 0.254 e. The molecule has 2 N–H and O–H groups in total. The fourth-order valence-electron chi connectivity index (χ4n) is 1.16. The second kappa shape index (κ2) is 5.17. The minimum Gasteiger partial charge on any atom is -0.503 e. The Morgan fingerprint density at radius 1 is 1.39 bits per heavy atom. The minimum atomic E-state index is -1.72. The molecule has 0 fully saturated rings. The van der Waals surface area contributed by atoms with E-state index in [-0.39, 0.29) is 0 Å². The zero-order valence-corrected chi connectivity index (χ0v) is 11.2. The first-order chi connectivity index (χ1) is 8.19. The van der Waals surface area contributed by atoms with Crippen molar-refractivity contribution in [2.45, 2.75) is 19.4 Å². The number of rotatable bonds is 3. The molecule has 0 aromatic heterocycles. The molecule has 0 spiro atoms. The van der Waals surface area contributed by atoms with Crippen LogP contribution in [0.25, 0.3) is 0 Å². The number of hydrogen-bond donors (Lipinski definition) is 2. The SMILES string of the molecule is CC(C)(CBr)NC(=O)c1cc(F)c(F)c(O)c1F. The first-order valence-corrected chi connectivity index (χ1v) is 6.06. The Hall–Kier alpha value is -1.24. The van der Waals surface area contributed by atoms with Crippen molar-refractivity contribution in [2.24, 2.45) is 0 Å². The number of aromatic hydroxyl groups is 1. The van der Waals surface area contributed by atoms with Gasteiger partial charge in [-0.1, -0.05) is 15.9 Å². The second-order valence-corrected chi connectivity index (χ2v) is 4.91. The van der Waals surface area contributed by atoms with Crippen molar-refractivity contribution in [3.05, 3.63) is 29.1 Å². The van der Waals surface area contributed by atoms with Crippen molar-refractivity contribution in [1.29, 1.82) is 0 Å². The summed E-state index contributed by atoms with van der Waals surface area (Å²) in [7, 11) is 0. The molecule has 1 aromatic carbocycles. The number of alkyl halides is 1. The zero-order chi connectivity index (χ0) is 14.1. The number of phenolic OH excluding ortho intramolecular Hbond substituents is 1. The molecule has 0 radical (unpaired) electrons. The number of benzene rings is 1. The lowest BCUT2D eigenvalue weighted by Gasteiger charge is -2.23. The standard InChI is InChI=1S/C11H11BrF3NO2/c1-11(2,4-12)16-10(18)5-3-6(13)8(15)9(17)7(5)14/h3,17H,4H2,1-2H3,(H,16,18). The fraction of sp³-hybridized carbons (Fsp3) is 0.364. The van der Waals surface area contributed by atoms with Gasteiger partial charge in [0, 0.05) is 10.9 Å². The van der Waals surface area contributed by atoms with Crippen molar-refractivity contribution >= 4 is 21.8 Å². The lowest BCUT2D eigenvalue weighted by molar-refractivity contribution is 0.0915. The Morgan fingerprint density at radius 3 is 2.44 bits per heavy atom. The van der Waals surface area contributed by atoms with Gasteiger partial charge in [-0.15, -0.1) is 0 Å². The number of nitrogens with one attached hydrogen (secondary N) is 1. The highest BCUT2D eigenvalue weighted by Crippen LogP contribution is 2.26. The molecular weight excluding hydrogens is 315 g/mol. The van der Waals surface area contributed by atoms with Crippen LogP contribution in [0.2, 0.25) is 0 Å². The van der Waals surface area contributed by atoms with Crippen LogP contribution in [-0.4, -0.2) is 21.9 Å². The summed E-state index contributed by atoms with van der Waals surface area (Å²) in [6.07, 6.45) is 0. The summed E-state index contributed by atoms with van der Waals surface area (Å²) in [6, 6.07) is 0.407. The highest BCUT2D eigenvalue weighted by atomic mass is 79.9. The van der Waals surface area contributed by atoms with Gasteiger partial charge in [0.25, 0.3) is 5.91 Å². The van der Waals surface area contributed by atoms with Crippen LogP contribution in [0.3, 0.4) is 0 Å². The first-order valence-electron chi connectivity index (χ1n) is 4.94. The summed E-state index contributed by atoms with van der Waals surface area (Å²) in [5.74, 6) is -7.14. The van der Waals surface area contributed by atoms with Crippen LogP contribution in [0.1, 0.15) is 24.2 Å². The quantitative estimate of drug-likeness (QED) is 0.663. The molecule has 0 unspecified atom stereocenters. The van der Waals surface area contributed by atoms with Gasteiger partial charge in [0.2, 0.25) is 5.82 Å². The Morgan fingerprint density at radius 2 is 1.94 bits per heavy atom. The molecule has 1 rings (SSSR count). The third kappa shape index (κ3) is 2.95. The predicted molar refractivity (Wildman–Crippen MR) is 63.3 cm³/mol. The van der Waals surface area contributed by atoms with Crippen LogP contribution in [0, 0.1) is 17.5 Å². The van der Waals surface area contributed by atoms with E-state index in [0.29, 0.717) is 11.4 Å². The van der Waals surface area contributed by atoms with Gasteiger partial charge >= 0.3 is 0 Å². The van der Waals surface area contributed by atoms with E-state index in [9.17, 15) is 18.0 Å². The lowest BCUT2D eigenvalue weighted by Crippen LogP contribution is -2.45. The summed E-state index contributed by atoms with van der Waals surface area (Å²) in [5, 5.41) is 11.8. The number of carbonyl (C=O) groups excluding carboxylic acids is 1. The van der Waals surface area contributed by atoms with Crippen molar-refractivity contribution in [3.63, 3.8) is 0 Å². The fourth-order valence-corrected chi connectivity index (χ4v) is 1.30. The van der Waals surface area contributed by atoms with Gasteiger partial charge in [-0.2, -0.15) is 4.39 Å². The Kier molecular flexibility index (Phi) is 4.26. The molecule has 0 saturated heterocycles. The third-order valence-electron chi connectivity index (χ3n) is 2.16. The van der Waals surface area contributed by atoms with E-state index in [1.165, 1.54) is 0 Å². The molecule has 1 aromatic rings. The Balaban J connectivity index is 3.15. The summed E-state index contributed by atoms with van der Waals surface area (Å²) in [5.41, 5.74) is -1.45. The van der Waals surface area contributed by atoms with Crippen molar-refractivity contribution < 1.29 is 23.1 Å². The van der Waals surface area contributed by atoms with Gasteiger partial charge < -0.3 is 10.4 Å². The largest absolute Gasteiger partial charge is 0.503 e. The van der Waals surface area contributed by atoms with Crippen LogP contribution in [-0.2, 0) is 0 Å². The van der Waals surface area contributed by atoms with Gasteiger partial charge in [0.05, 0.1) is 5.56 Å². The summed E-state index contributed by atoms with van der Waals surface area (Å²) in [4.78, 5) is 11.7. The van der Waals surface area contributed by atoms with E-state index < -0.39 is 40.2 Å². The number of amides is 1. The molecular formula is C11H11BrF3NO2. The molecule has 0 heterocycles. The van der Waals surface area contributed by atoms with E-state index in [2.05, 4.69) is 21.2 Å². The monoisotopic (exact) mass is 325 g/mol. The maximum absolute atomic E-state index is 13.4. The average molecular weight is 326 g/mol. The molecule has 0 saturated carbocycles. The van der Waals surface area contributed by atoms with Crippen LogP contribution < -0.4 is 5.32 Å². The maximum atomic E-state index is 13.4. The van der Waals surface area contributed by atoms with Gasteiger partial charge in [0.1, 0.15) is 0 Å². The molecule has 0 bridgehead atoms. The second-order valence-electron chi connectivity index (χ2n) is 4.35. The van der Waals surface area contributed by atoms with E-state index >= 15 is 0 Å². The molecule has 0 aliphatic heterocycles. The highest BCUT2D eigenvalue weighted by Gasteiger charge is 2.26. The van der Waals surface area contributed by atoms with Crippen LogP contribution in [0.15, 0.2) is 6.07 Å². The summed E-state index contributed by atoms with van der Waals surface area (Å²) in [6.45, 7) is 3.30. The van der Waals surface area contributed by atoms with E-state index in [1.807, 2.05) is 0 Å². The van der Waals surface area contributed by atoms with Crippen LogP contribution in [0.5, 0.6) is 5.75 Å². The van der Waals surface area contributed by atoms with E-state index in [4.69, 9.17) is 5.11 Å². The average Bonchev–Trinajstić information content (AvgIpc) is 2.30. The molecule has 0 aliphatic rings. The van der Waals surface area contributed by atoms with Crippen molar-refractivity contribution in [2.75, 3.05) is 5.33 Å². The number of hydrogen-bond acceptors (Lipinski definition) is 2. The van der Waals surface area contributed by atoms with Gasteiger partial charge in [-0.05, 0) is 19.9 Å². The topological polar surface area (TPSA) is 49.3 Å². The van der Waals surface area contributed by atoms with Crippen molar-refractivity contribution in [3.8, 4) is 5.75 Å². The van der Waals surface area contributed by atoms with Gasteiger partial charge in [-0.3, -0.25) is 4.79 Å². The maximum Gasteiger partial charge on any atom is 0.254 e. The predicted octanol–water partition coefficient (Wildman–Crippen LogP) is 2.71. The van der Waals surface area contributed by atoms with Gasteiger partial charge in [-0.25, -0.2) is 8.78 Å². The first kappa shape index (κ1) is 14.8. The van der Waals surface area contributed by atoms with Crippen LogP contribution >= 0.6 is 15.9 Å². The minimum absolute atomic E-state index is 0.378. The Bertz CT molecular complexity index is 492. The van der Waals surface area contributed by atoms with Gasteiger partial charge in [0.15, 0.2) is 17.4 Å². The van der Waals surface area contributed by atoms with Crippen molar-refractivity contribution in [1.82, 2.24) is 5.32 Å². The molecule has 3 nitrogen and oxygen atoms in total. The molecule has 100 valence electrons. The zero-order valence-electron chi connectivity index (χ0n) is 9.65. The summed E-state index contributed by atoms with van der Waals surface area (Å²) < 4.78 is 39.3. The number of phenols is 1. The van der Waals surface area contributed by atoms with E-state index in [1.54, 1.807) is 13.8 Å². The molecule has 1 amide bonds.